The minimum atomic E-state index is -0.922. The van der Waals surface area contributed by atoms with Gasteiger partial charge in [-0.3, -0.25) is 23.7 Å². The van der Waals surface area contributed by atoms with Crippen LogP contribution >= 0.6 is 11.3 Å². The van der Waals surface area contributed by atoms with Crippen LogP contribution in [0.3, 0.4) is 0 Å². The van der Waals surface area contributed by atoms with Crippen LogP contribution in [0, 0.1) is 12.3 Å². The van der Waals surface area contributed by atoms with Gasteiger partial charge < -0.3 is 59.0 Å². The van der Waals surface area contributed by atoms with Crippen LogP contribution in [0.4, 0.5) is 11.6 Å². The number of furan rings is 1. The maximum atomic E-state index is 14.0. The third-order valence-corrected chi connectivity index (χ3v) is 14.5. The normalized spacial score (nSPS) is 16.5. The van der Waals surface area contributed by atoms with Crippen LogP contribution in [0.2, 0.25) is 0 Å². The molecule has 3 atom stereocenters. The van der Waals surface area contributed by atoms with E-state index in [1.807, 2.05) is 80.2 Å². The highest BCUT2D eigenvalue weighted by atomic mass is 32.1. The molecule has 0 bridgehead atoms. The average Bonchev–Trinajstić information content (AvgIpc) is 4.32. The molecule has 4 N–H and O–H groups in total. The van der Waals surface area contributed by atoms with Gasteiger partial charge in [0, 0.05) is 76.1 Å². The second-order valence-electron chi connectivity index (χ2n) is 20.1. The number of hydrogen-bond donors (Lipinski definition) is 4. The van der Waals surface area contributed by atoms with E-state index in [0.29, 0.717) is 72.0 Å². The summed E-state index contributed by atoms with van der Waals surface area (Å²) < 4.78 is 35.6. The summed E-state index contributed by atoms with van der Waals surface area (Å²) in [6.07, 6.45) is 4.43. The van der Waals surface area contributed by atoms with Crippen molar-refractivity contribution in [3.05, 3.63) is 102 Å². The highest BCUT2D eigenvalue weighted by molar-refractivity contribution is 7.13. The Morgan fingerprint density at radius 3 is 2.12 bits per heavy atom. The van der Waals surface area contributed by atoms with E-state index in [4.69, 9.17) is 28.1 Å². The quantitative estimate of drug-likeness (QED) is 0.0461. The van der Waals surface area contributed by atoms with E-state index in [0.717, 1.165) is 77.0 Å². The maximum Gasteiger partial charge on any atom is 0.246 e. The molecule has 2 aliphatic heterocycles. The first-order valence-electron chi connectivity index (χ1n) is 26.4. The van der Waals surface area contributed by atoms with Crippen molar-refractivity contribution >= 4 is 46.3 Å². The van der Waals surface area contributed by atoms with E-state index in [2.05, 4.69) is 70.2 Å². The summed E-state index contributed by atoms with van der Waals surface area (Å²) in [7, 11) is 0. The van der Waals surface area contributed by atoms with Gasteiger partial charge in [0.2, 0.25) is 23.7 Å². The molecule has 3 amide bonds. The van der Waals surface area contributed by atoms with Gasteiger partial charge in [0.25, 0.3) is 0 Å². The van der Waals surface area contributed by atoms with Gasteiger partial charge in [-0.2, -0.15) is 0 Å². The number of hydrogen-bond acceptors (Lipinski definition) is 18. The zero-order valence-electron chi connectivity index (χ0n) is 44.6. The zero-order valence-corrected chi connectivity index (χ0v) is 45.4. The maximum absolute atomic E-state index is 14.0. The van der Waals surface area contributed by atoms with E-state index < -0.39 is 29.5 Å². The van der Waals surface area contributed by atoms with Gasteiger partial charge >= 0.3 is 0 Å². The van der Waals surface area contributed by atoms with Crippen LogP contribution in [0.25, 0.3) is 27.2 Å². The Morgan fingerprint density at radius 2 is 1.48 bits per heavy atom. The number of carbonyl (C=O) groups excluding carboxylic acids is 3. The number of ether oxygens (including phenoxy) is 5. The Hall–Kier alpha value is -6.37. The number of likely N-dealkylation sites (tertiary alicyclic amines) is 1. The van der Waals surface area contributed by atoms with Crippen molar-refractivity contribution in [3.8, 4) is 21.6 Å². The molecular weight excluding hydrogens is 1010 g/mol. The van der Waals surface area contributed by atoms with Gasteiger partial charge in [-0.05, 0) is 53.3 Å². The van der Waals surface area contributed by atoms with Crippen LogP contribution < -0.4 is 20.9 Å². The SMILES string of the molecule is Cc1ncsc1-c1ccc(CNC(=O)C2C[C@@H](O)CN2C(=O)[C@@H](NC(=O)CCOCCOCCOCCOCCOCCN2CCN(c3ccc(-c4cnc(NCc5ccco5)n5cnnc45)cc3)CC2)C(C)(C)C)cc1. The first-order valence-corrected chi connectivity index (χ1v) is 27.3. The largest absolute Gasteiger partial charge is 0.467 e. The van der Waals surface area contributed by atoms with E-state index >= 15 is 0 Å². The Kier molecular flexibility index (Phi) is 20.9. The summed E-state index contributed by atoms with van der Waals surface area (Å²) in [5.74, 6) is 0.332. The lowest BCUT2D eigenvalue weighted by atomic mass is 9.85. The number of nitrogens with zero attached hydrogens (tertiary/aromatic N) is 8. The third kappa shape index (κ3) is 16.3. The van der Waals surface area contributed by atoms with E-state index in [1.165, 1.54) is 10.6 Å². The second kappa shape index (κ2) is 28.3. The number of aromatic nitrogens is 5. The van der Waals surface area contributed by atoms with Gasteiger partial charge in [0.15, 0.2) is 5.65 Å². The number of carbonyl (C=O) groups is 3. The predicted octanol–water partition coefficient (Wildman–Crippen LogP) is 4.83. The molecule has 2 saturated heterocycles. The molecule has 0 aliphatic carbocycles. The van der Waals surface area contributed by atoms with E-state index in [-0.39, 0.29) is 44.4 Å². The summed E-state index contributed by atoms with van der Waals surface area (Å²) in [5, 5.41) is 28.2. The lowest BCUT2D eigenvalue weighted by Gasteiger charge is -2.36. The fraction of sp³-hybridized carbons (Fsp3) is 0.509. The molecule has 2 aliphatic rings. The van der Waals surface area contributed by atoms with Crippen molar-refractivity contribution < 1.29 is 47.6 Å². The molecule has 2 fully saturated rings. The summed E-state index contributed by atoms with van der Waals surface area (Å²) in [6, 6.07) is 18.4. The van der Waals surface area contributed by atoms with Crippen LogP contribution in [-0.2, 0) is 51.2 Å². The molecule has 6 heterocycles. The van der Waals surface area contributed by atoms with E-state index in [1.54, 1.807) is 23.9 Å². The molecule has 4 aromatic heterocycles. The van der Waals surface area contributed by atoms with Crippen molar-refractivity contribution in [2.24, 2.45) is 5.41 Å². The molecule has 0 radical (unpaired) electrons. The van der Waals surface area contributed by atoms with Gasteiger partial charge in [0.1, 0.15) is 24.2 Å². The number of aliphatic hydroxyl groups excluding tert-OH is 1. The van der Waals surface area contributed by atoms with Crippen molar-refractivity contribution in [2.45, 2.75) is 71.8 Å². The first-order chi connectivity index (χ1) is 37.4. The highest BCUT2D eigenvalue weighted by Gasteiger charge is 2.44. The first kappa shape index (κ1) is 56.8. The number of thiazole rings is 1. The molecule has 6 aromatic rings. The molecule has 2 aromatic carbocycles. The number of nitrogens with one attached hydrogen (secondary N) is 3. The molecule has 1 unspecified atom stereocenters. The van der Waals surface area contributed by atoms with Crippen LogP contribution in [-0.4, -0.2) is 181 Å². The monoisotopic (exact) mass is 1080 g/mol. The summed E-state index contributed by atoms with van der Waals surface area (Å²) in [5.41, 5.74) is 7.92. The number of rotatable bonds is 29. The standard InChI is InChI=1S/C55H73N11O10S/c1-39-49(77-38-59-39)42-9-7-40(8-10-42)33-56-52(69)47-32-44(67)36-65(47)53(70)50(55(2,3)4)61-48(68)15-22-71-24-26-73-28-30-75-31-29-74-27-25-72-23-20-63-16-18-64(19-17-63)43-13-11-41(12-14-43)46-35-58-54(66-37-60-62-51(46)66)57-34-45-6-5-21-76-45/h5-14,21,35,37-38,44,47,50,67H,15-20,22-34,36H2,1-4H3,(H,56,69)(H,57,58)(H,61,68)/t44-,47?,50-/m1/s1. The Morgan fingerprint density at radius 1 is 0.818 bits per heavy atom. The van der Waals surface area contributed by atoms with Crippen LogP contribution in [0.15, 0.2) is 89.4 Å². The minimum absolute atomic E-state index is 0.000550. The van der Waals surface area contributed by atoms with Gasteiger partial charge in [-0.1, -0.05) is 57.2 Å². The third-order valence-electron chi connectivity index (χ3n) is 13.5. The minimum Gasteiger partial charge on any atom is -0.467 e. The number of fused-ring (bicyclic) bond motifs is 1. The van der Waals surface area contributed by atoms with Crippen molar-refractivity contribution in [2.75, 3.05) is 116 Å². The second-order valence-corrected chi connectivity index (χ2v) is 20.9. The molecule has 77 heavy (non-hydrogen) atoms. The number of β-amino-alcohol motifs (C(OH)–C–C–N with tert-alkyl or cyclic N) is 1. The summed E-state index contributed by atoms with van der Waals surface area (Å²) in [4.78, 5) is 56.7. The number of benzene rings is 2. The lowest BCUT2D eigenvalue weighted by molar-refractivity contribution is -0.144. The zero-order chi connectivity index (χ0) is 54.0. The molecule has 21 nitrogen and oxygen atoms in total. The smallest absolute Gasteiger partial charge is 0.246 e. The fourth-order valence-corrected chi connectivity index (χ4v) is 9.98. The fourth-order valence-electron chi connectivity index (χ4n) is 9.17. The Bertz CT molecular complexity index is 2760. The molecule has 0 spiro atoms. The predicted molar refractivity (Wildman–Crippen MR) is 291 cm³/mol. The number of aryl methyl sites for hydroxylation is 1. The summed E-state index contributed by atoms with van der Waals surface area (Å²) >= 11 is 1.58. The molecule has 414 valence electrons. The van der Waals surface area contributed by atoms with Crippen molar-refractivity contribution in [1.82, 2.24) is 45.0 Å². The topological polar surface area (TPSA) is 233 Å². The summed E-state index contributed by atoms with van der Waals surface area (Å²) in [6.45, 7) is 17.1. The molecule has 8 rings (SSSR count). The van der Waals surface area contributed by atoms with Gasteiger partial charge in [0.05, 0.1) is 101 Å². The molecular formula is C55H73N11O10S. The number of piperazine rings is 1. The molecule has 22 heteroatoms. The number of anilines is 2. The van der Waals surface area contributed by atoms with E-state index in [9.17, 15) is 19.5 Å². The van der Waals surface area contributed by atoms with Gasteiger partial charge in [-0.25, -0.2) is 9.97 Å². The Balaban J connectivity index is 0.610. The Labute approximate surface area is 453 Å². The van der Waals surface area contributed by atoms with Crippen LogP contribution in [0.5, 0.6) is 0 Å². The average molecular weight is 1080 g/mol. The number of amides is 3. The number of aliphatic hydroxyl groups is 1. The van der Waals surface area contributed by atoms with Crippen LogP contribution in [0.1, 0.15) is 50.6 Å². The molecule has 0 saturated carbocycles. The lowest BCUT2D eigenvalue weighted by Crippen LogP contribution is -2.57. The van der Waals surface area contributed by atoms with Crippen molar-refractivity contribution in [3.63, 3.8) is 0 Å². The van der Waals surface area contributed by atoms with Gasteiger partial charge in [-0.15, -0.1) is 21.5 Å². The van der Waals surface area contributed by atoms with Crippen molar-refractivity contribution in [1.29, 1.82) is 0 Å². The highest BCUT2D eigenvalue weighted by Crippen LogP contribution is 2.30.